The number of carbonyl (C=O) groups is 2. The fourth-order valence-corrected chi connectivity index (χ4v) is 1.12. The van der Waals surface area contributed by atoms with Crippen molar-refractivity contribution in [2.75, 3.05) is 12.2 Å². The highest BCUT2D eigenvalue weighted by Crippen LogP contribution is 2.05. The van der Waals surface area contributed by atoms with Crippen molar-refractivity contribution in [3.8, 4) is 0 Å². The number of ether oxygens (including phenoxy) is 1. The van der Waals surface area contributed by atoms with Crippen molar-refractivity contribution in [2.45, 2.75) is 0 Å². The van der Waals surface area contributed by atoms with Crippen molar-refractivity contribution in [1.29, 1.82) is 0 Å². The smallest absolute Gasteiger partial charge is 0.338 e. The minimum Gasteiger partial charge on any atom is -0.451 e. The van der Waals surface area contributed by atoms with Crippen molar-refractivity contribution in [3.63, 3.8) is 0 Å². The molecule has 4 heteroatoms. The summed E-state index contributed by atoms with van der Waals surface area (Å²) in [6.07, 6.45) is 2.58. The number of aldehydes is 1. The Kier molecular flexibility index (Phi) is 4.19. The van der Waals surface area contributed by atoms with E-state index in [-0.39, 0.29) is 5.97 Å². The van der Waals surface area contributed by atoms with Gasteiger partial charge in [-0.15, -0.1) is 11.8 Å². The Morgan fingerprint density at radius 2 is 2.07 bits per heavy atom. The van der Waals surface area contributed by atoms with Crippen LogP contribution >= 0.6 is 11.8 Å². The van der Waals surface area contributed by atoms with Crippen LogP contribution in [-0.4, -0.2) is 24.5 Å². The Bertz CT molecular complexity index is 319. The molecule has 0 atom stereocenters. The van der Waals surface area contributed by atoms with Crippen LogP contribution in [0.4, 0.5) is 0 Å². The van der Waals surface area contributed by atoms with Gasteiger partial charge in [0.05, 0.1) is 5.56 Å². The summed E-state index contributed by atoms with van der Waals surface area (Å²) in [5.74, 6) is -0.0225. The SMILES string of the molecule is CSCOC(=O)c1ccc(C=O)cc1. The van der Waals surface area contributed by atoms with Gasteiger partial charge in [-0.05, 0) is 18.4 Å². The maximum absolute atomic E-state index is 11.3. The van der Waals surface area contributed by atoms with Gasteiger partial charge in [-0.2, -0.15) is 0 Å². The van der Waals surface area contributed by atoms with E-state index in [0.717, 1.165) is 6.29 Å². The molecule has 0 spiro atoms. The zero-order valence-corrected chi connectivity index (χ0v) is 8.54. The van der Waals surface area contributed by atoms with Crippen molar-refractivity contribution in [3.05, 3.63) is 35.4 Å². The Labute approximate surface area is 86.5 Å². The van der Waals surface area contributed by atoms with Gasteiger partial charge < -0.3 is 4.74 Å². The van der Waals surface area contributed by atoms with E-state index in [4.69, 9.17) is 4.74 Å². The molecule has 0 fully saturated rings. The van der Waals surface area contributed by atoms with Crippen LogP contribution in [0.5, 0.6) is 0 Å². The average molecular weight is 210 g/mol. The van der Waals surface area contributed by atoms with E-state index in [9.17, 15) is 9.59 Å². The van der Waals surface area contributed by atoms with Gasteiger partial charge in [0.25, 0.3) is 0 Å². The summed E-state index contributed by atoms with van der Waals surface area (Å²) in [5, 5.41) is 0. The maximum atomic E-state index is 11.3. The van der Waals surface area contributed by atoms with Crippen molar-refractivity contribution in [2.24, 2.45) is 0 Å². The van der Waals surface area contributed by atoms with Crippen LogP contribution < -0.4 is 0 Å². The first kappa shape index (κ1) is 10.8. The van der Waals surface area contributed by atoms with Crippen LogP contribution in [0.15, 0.2) is 24.3 Å². The van der Waals surface area contributed by atoms with Crippen LogP contribution in [0, 0.1) is 0 Å². The molecule has 0 amide bonds. The highest BCUT2D eigenvalue weighted by atomic mass is 32.2. The number of hydrogen-bond acceptors (Lipinski definition) is 4. The lowest BCUT2D eigenvalue weighted by atomic mass is 10.1. The predicted octanol–water partition coefficient (Wildman–Crippen LogP) is 1.98. The first-order valence-corrected chi connectivity index (χ1v) is 5.38. The lowest BCUT2D eigenvalue weighted by molar-refractivity contribution is 0.0579. The summed E-state index contributed by atoms with van der Waals surface area (Å²) in [4.78, 5) is 21.6. The topological polar surface area (TPSA) is 43.4 Å². The molecule has 1 aromatic carbocycles. The number of rotatable bonds is 4. The normalized spacial score (nSPS) is 9.50. The quantitative estimate of drug-likeness (QED) is 0.433. The third-order valence-corrected chi connectivity index (χ3v) is 1.94. The van der Waals surface area contributed by atoms with Gasteiger partial charge >= 0.3 is 5.97 Å². The summed E-state index contributed by atoms with van der Waals surface area (Å²) >= 11 is 1.43. The highest BCUT2D eigenvalue weighted by molar-refractivity contribution is 7.98. The second kappa shape index (κ2) is 5.44. The number of benzene rings is 1. The second-order valence-corrected chi connectivity index (χ2v) is 3.39. The Hall–Kier alpha value is -1.29. The summed E-state index contributed by atoms with van der Waals surface area (Å²) in [5.41, 5.74) is 1.01. The molecule has 0 N–H and O–H groups in total. The van der Waals surface area contributed by atoms with Crippen molar-refractivity contribution < 1.29 is 14.3 Å². The number of hydrogen-bond donors (Lipinski definition) is 0. The average Bonchev–Trinajstić information content (AvgIpc) is 2.26. The third-order valence-electron chi connectivity index (χ3n) is 1.59. The molecular weight excluding hydrogens is 200 g/mol. The van der Waals surface area contributed by atoms with Gasteiger partial charge in [0.2, 0.25) is 0 Å². The van der Waals surface area contributed by atoms with Crippen LogP contribution in [-0.2, 0) is 4.74 Å². The van der Waals surface area contributed by atoms with Gasteiger partial charge in [-0.25, -0.2) is 4.79 Å². The van der Waals surface area contributed by atoms with E-state index in [0.29, 0.717) is 17.1 Å². The zero-order chi connectivity index (χ0) is 10.4. The molecule has 0 saturated carbocycles. The van der Waals surface area contributed by atoms with Crippen LogP contribution in [0.25, 0.3) is 0 Å². The maximum Gasteiger partial charge on any atom is 0.338 e. The molecule has 3 nitrogen and oxygen atoms in total. The van der Waals surface area contributed by atoms with Crippen LogP contribution in [0.2, 0.25) is 0 Å². The minimum absolute atomic E-state index is 0.342. The van der Waals surface area contributed by atoms with E-state index in [1.165, 1.54) is 11.8 Å². The second-order valence-electron chi connectivity index (χ2n) is 2.58. The standard InChI is InChI=1S/C10H10O3S/c1-14-7-13-10(12)9-4-2-8(6-11)3-5-9/h2-6H,7H2,1H3. The van der Waals surface area contributed by atoms with E-state index in [1.54, 1.807) is 24.3 Å². The molecular formula is C10H10O3S. The predicted molar refractivity (Wildman–Crippen MR) is 55.6 cm³/mol. The molecule has 0 radical (unpaired) electrons. The molecule has 74 valence electrons. The van der Waals surface area contributed by atoms with E-state index in [1.807, 2.05) is 6.26 Å². The Balaban J connectivity index is 2.66. The number of carbonyl (C=O) groups excluding carboxylic acids is 2. The monoisotopic (exact) mass is 210 g/mol. The summed E-state index contributed by atoms with van der Waals surface area (Å²) in [6, 6.07) is 6.32. The van der Waals surface area contributed by atoms with Gasteiger partial charge in [0, 0.05) is 5.56 Å². The van der Waals surface area contributed by atoms with Crippen molar-refractivity contribution >= 4 is 24.0 Å². The lowest BCUT2D eigenvalue weighted by Crippen LogP contribution is -2.04. The van der Waals surface area contributed by atoms with Gasteiger partial charge in [-0.1, -0.05) is 12.1 Å². The first-order chi connectivity index (χ1) is 6.77. The fourth-order valence-electron chi connectivity index (χ4n) is 0.894. The van der Waals surface area contributed by atoms with Crippen LogP contribution in [0.1, 0.15) is 20.7 Å². The van der Waals surface area contributed by atoms with Crippen molar-refractivity contribution in [1.82, 2.24) is 0 Å². The van der Waals surface area contributed by atoms with Crippen LogP contribution in [0.3, 0.4) is 0 Å². The first-order valence-electron chi connectivity index (χ1n) is 3.99. The molecule has 0 aromatic heterocycles. The number of esters is 1. The summed E-state index contributed by atoms with van der Waals surface area (Å²) in [7, 11) is 0. The molecule has 1 rings (SSSR count). The molecule has 0 heterocycles. The largest absolute Gasteiger partial charge is 0.451 e. The van der Waals surface area contributed by atoms with Gasteiger partial charge in [0.1, 0.15) is 12.2 Å². The fraction of sp³-hybridized carbons (Fsp3) is 0.200. The molecule has 14 heavy (non-hydrogen) atoms. The molecule has 0 aliphatic rings. The Morgan fingerprint density at radius 3 is 2.57 bits per heavy atom. The zero-order valence-electron chi connectivity index (χ0n) is 7.73. The van der Waals surface area contributed by atoms with Gasteiger partial charge in [0.15, 0.2) is 0 Å². The molecule has 0 unspecified atom stereocenters. The molecule has 0 bridgehead atoms. The van der Waals surface area contributed by atoms with Gasteiger partial charge in [-0.3, -0.25) is 4.79 Å². The summed E-state index contributed by atoms with van der Waals surface area (Å²) in [6.45, 7) is 0. The molecule has 1 aromatic rings. The molecule has 0 aliphatic carbocycles. The highest BCUT2D eigenvalue weighted by Gasteiger charge is 2.05. The molecule has 0 saturated heterocycles. The van der Waals surface area contributed by atoms with E-state index in [2.05, 4.69) is 0 Å². The van der Waals surface area contributed by atoms with E-state index >= 15 is 0 Å². The lowest BCUT2D eigenvalue weighted by Gasteiger charge is -2.01. The molecule has 0 aliphatic heterocycles. The minimum atomic E-state index is -0.364. The number of thioether (sulfide) groups is 1. The summed E-state index contributed by atoms with van der Waals surface area (Å²) < 4.78 is 4.89. The Morgan fingerprint density at radius 1 is 1.43 bits per heavy atom. The third kappa shape index (κ3) is 2.88. The van der Waals surface area contributed by atoms with E-state index < -0.39 is 0 Å².